The van der Waals surface area contributed by atoms with E-state index < -0.39 is 0 Å². The Labute approximate surface area is 108 Å². The Kier molecular flexibility index (Phi) is 5.85. The quantitative estimate of drug-likeness (QED) is 0.664. The molecule has 0 saturated heterocycles. The highest BCUT2D eigenvalue weighted by atomic mass is 16.5. The van der Waals surface area contributed by atoms with Gasteiger partial charge in [0.15, 0.2) is 0 Å². The van der Waals surface area contributed by atoms with E-state index in [1.165, 1.54) is 7.11 Å². The van der Waals surface area contributed by atoms with Gasteiger partial charge in [0.2, 0.25) is 5.91 Å². The molecule has 0 fully saturated rings. The van der Waals surface area contributed by atoms with Gasteiger partial charge in [-0.25, -0.2) is 0 Å². The zero-order valence-electron chi connectivity index (χ0n) is 11.4. The summed E-state index contributed by atoms with van der Waals surface area (Å²) in [6.07, 6.45) is 5.60. The molecule has 0 heterocycles. The lowest BCUT2D eigenvalue weighted by atomic mass is 10.3. The smallest absolute Gasteiger partial charge is 0.306 e. The van der Waals surface area contributed by atoms with Crippen LogP contribution in [0.4, 0.5) is 0 Å². The lowest BCUT2D eigenvalue weighted by molar-refractivity contribution is -0.141. The van der Waals surface area contributed by atoms with E-state index in [0.717, 1.165) is 25.0 Å². The summed E-state index contributed by atoms with van der Waals surface area (Å²) in [7, 11) is 5.01. The van der Waals surface area contributed by atoms with Crippen LogP contribution in [-0.4, -0.2) is 56.0 Å². The number of hydrogen-bond donors (Lipinski definition) is 0. The lowest BCUT2D eigenvalue weighted by Gasteiger charge is -2.22. The highest BCUT2D eigenvalue weighted by molar-refractivity contribution is 5.79. The molecule has 0 unspecified atom stereocenters. The second-order valence-electron chi connectivity index (χ2n) is 4.60. The largest absolute Gasteiger partial charge is 0.469 e. The molecule has 0 aromatic heterocycles. The van der Waals surface area contributed by atoms with Crippen molar-refractivity contribution in [1.29, 1.82) is 0 Å². The zero-order valence-corrected chi connectivity index (χ0v) is 11.4. The number of rotatable bonds is 6. The Hall–Kier alpha value is -1.36. The number of carbonyl (C=O) groups is 2. The van der Waals surface area contributed by atoms with E-state index in [2.05, 4.69) is 10.8 Å². The molecule has 0 bridgehead atoms. The van der Waals surface area contributed by atoms with Crippen LogP contribution in [-0.2, 0) is 14.3 Å². The fourth-order valence-electron chi connectivity index (χ4n) is 1.92. The van der Waals surface area contributed by atoms with E-state index in [1.54, 1.807) is 4.90 Å². The Bertz CT molecular complexity index is 339. The van der Waals surface area contributed by atoms with E-state index in [9.17, 15) is 9.59 Å². The van der Waals surface area contributed by atoms with Crippen molar-refractivity contribution >= 4 is 11.9 Å². The number of nitrogens with zero attached hydrogens (tertiary/aromatic N) is 2. The number of likely N-dealkylation sites (N-methyl/N-ethyl adjacent to an activating group) is 2. The number of ether oxygens (including phenoxy) is 1. The molecule has 5 nitrogen and oxygen atoms in total. The number of methoxy groups -OCH3 is 1. The van der Waals surface area contributed by atoms with Gasteiger partial charge in [-0.3, -0.25) is 14.5 Å². The third-order valence-electron chi connectivity index (χ3n) is 3.15. The molecule has 1 amide bonds. The van der Waals surface area contributed by atoms with Crippen LogP contribution in [0.1, 0.15) is 25.7 Å². The highest BCUT2D eigenvalue weighted by Gasteiger charge is 2.17. The minimum atomic E-state index is -0.249. The maximum absolute atomic E-state index is 12.0. The van der Waals surface area contributed by atoms with Crippen LogP contribution in [0.2, 0.25) is 0 Å². The molecule has 5 heteroatoms. The van der Waals surface area contributed by atoms with Crippen molar-refractivity contribution in [2.45, 2.75) is 25.7 Å². The summed E-state index contributed by atoms with van der Waals surface area (Å²) in [6, 6.07) is 0. The van der Waals surface area contributed by atoms with Crippen molar-refractivity contribution in [2.24, 2.45) is 0 Å². The van der Waals surface area contributed by atoms with Gasteiger partial charge in [-0.05, 0) is 26.3 Å². The summed E-state index contributed by atoms with van der Waals surface area (Å²) in [5.41, 5.74) is 1.11. The van der Waals surface area contributed by atoms with Gasteiger partial charge in [-0.2, -0.15) is 0 Å². The third kappa shape index (κ3) is 4.49. The molecule has 102 valence electrons. The zero-order chi connectivity index (χ0) is 13.5. The van der Waals surface area contributed by atoms with E-state index in [1.807, 2.05) is 19.0 Å². The third-order valence-corrected chi connectivity index (χ3v) is 3.15. The SMILES string of the molecule is COC(=O)CCN(C)CC(=O)N(C)C1=CCCC1. The molecule has 0 radical (unpaired) electrons. The summed E-state index contributed by atoms with van der Waals surface area (Å²) in [5.74, 6) is -0.184. The summed E-state index contributed by atoms with van der Waals surface area (Å²) in [6.45, 7) is 0.857. The van der Waals surface area contributed by atoms with Gasteiger partial charge in [-0.1, -0.05) is 6.08 Å². The van der Waals surface area contributed by atoms with Crippen LogP contribution in [0.3, 0.4) is 0 Å². The number of esters is 1. The Balaban J connectivity index is 2.32. The molecule has 1 aliphatic carbocycles. The number of hydrogen-bond acceptors (Lipinski definition) is 4. The van der Waals surface area contributed by atoms with Gasteiger partial charge in [0.05, 0.1) is 20.1 Å². The second kappa shape index (κ2) is 7.16. The van der Waals surface area contributed by atoms with Gasteiger partial charge in [0.1, 0.15) is 0 Å². The lowest BCUT2D eigenvalue weighted by Crippen LogP contribution is -2.36. The molecule has 1 aliphatic rings. The number of amides is 1. The molecule has 0 saturated carbocycles. The van der Waals surface area contributed by atoms with E-state index in [4.69, 9.17) is 0 Å². The molecule has 1 rings (SSSR count). The van der Waals surface area contributed by atoms with Crippen molar-refractivity contribution in [1.82, 2.24) is 9.80 Å². The van der Waals surface area contributed by atoms with Crippen LogP contribution in [0, 0.1) is 0 Å². The van der Waals surface area contributed by atoms with E-state index in [0.29, 0.717) is 19.5 Å². The first kappa shape index (κ1) is 14.7. The molecule has 0 aromatic rings. The van der Waals surface area contributed by atoms with Gasteiger partial charge in [0.25, 0.3) is 0 Å². The maximum Gasteiger partial charge on any atom is 0.306 e. The van der Waals surface area contributed by atoms with Crippen molar-refractivity contribution in [3.05, 3.63) is 11.8 Å². The fraction of sp³-hybridized carbons (Fsp3) is 0.692. The average molecular weight is 254 g/mol. The first-order valence-electron chi connectivity index (χ1n) is 6.25. The summed E-state index contributed by atoms with van der Waals surface area (Å²) in [5, 5.41) is 0. The minimum absolute atomic E-state index is 0.0653. The average Bonchev–Trinajstić information content (AvgIpc) is 2.88. The predicted molar refractivity (Wildman–Crippen MR) is 68.8 cm³/mol. The molecule has 0 aromatic carbocycles. The van der Waals surface area contributed by atoms with Crippen molar-refractivity contribution in [2.75, 3.05) is 34.3 Å². The van der Waals surface area contributed by atoms with Gasteiger partial charge < -0.3 is 9.64 Å². The summed E-state index contributed by atoms with van der Waals surface area (Å²) >= 11 is 0. The topological polar surface area (TPSA) is 49.9 Å². The van der Waals surface area contributed by atoms with Crippen molar-refractivity contribution < 1.29 is 14.3 Å². The van der Waals surface area contributed by atoms with Gasteiger partial charge in [0, 0.05) is 19.3 Å². The second-order valence-corrected chi connectivity index (χ2v) is 4.60. The minimum Gasteiger partial charge on any atom is -0.469 e. The Morgan fingerprint density at radius 2 is 2.11 bits per heavy atom. The van der Waals surface area contributed by atoms with Crippen LogP contribution < -0.4 is 0 Å². The van der Waals surface area contributed by atoms with Crippen molar-refractivity contribution in [3.63, 3.8) is 0 Å². The van der Waals surface area contributed by atoms with Crippen LogP contribution in [0.25, 0.3) is 0 Å². The molecule has 0 aliphatic heterocycles. The first-order valence-corrected chi connectivity index (χ1v) is 6.25. The fourth-order valence-corrected chi connectivity index (χ4v) is 1.92. The molecule has 0 N–H and O–H groups in total. The van der Waals surface area contributed by atoms with Gasteiger partial charge in [-0.15, -0.1) is 0 Å². The van der Waals surface area contributed by atoms with Crippen molar-refractivity contribution in [3.8, 4) is 0 Å². The Morgan fingerprint density at radius 3 is 2.67 bits per heavy atom. The number of allylic oxidation sites excluding steroid dienone is 2. The molecular formula is C13H22N2O3. The van der Waals surface area contributed by atoms with Crippen LogP contribution in [0.5, 0.6) is 0 Å². The van der Waals surface area contributed by atoms with E-state index >= 15 is 0 Å². The highest BCUT2D eigenvalue weighted by Crippen LogP contribution is 2.20. The first-order chi connectivity index (χ1) is 8.54. The standard InChI is InChI=1S/C13H22N2O3/c1-14(9-8-13(17)18-3)10-12(16)15(2)11-6-4-5-7-11/h6H,4-5,7-10H2,1-3H3. The summed E-state index contributed by atoms with van der Waals surface area (Å²) < 4.78 is 4.56. The van der Waals surface area contributed by atoms with Crippen LogP contribution >= 0.6 is 0 Å². The Morgan fingerprint density at radius 1 is 1.39 bits per heavy atom. The number of carbonyl (C=O) groups excluding carboxylic acids is 2. The predicted octanol–water partition coefficient (Wildman–Crippen LogP) is 1.01. The van der Waals surface area contributed by atoms with Crippen LogP contribution in [0.15, 0.2) is 11.8 Å². The normalized spacial score (nSPS) is 14.6. The molecule has 0 atom stereocenters. The molecule has 0 spiro atoms. The van der Waals surface area contributed by atoms with E-state index in [-0.39, 0.29) is 11.9 Å². The van der Waals surface area contributed by atoms with Gasteiger partial charge >= 0.3 is 5.97 Å². The summed E-state index contributed by atoms with van der Waals surface area (Å²) in [4.78, 5) is 26.5. The monoisotopic (exact) mass is 254 g/mol. The molecule has 18 heavy (non-hydrogen) atoms. The maximum atomic E-state index is 12.0. The molecular weight excluding hydrogens is 232 g/mol.